The molecule has 31 heavy (non-hydrogen) atoms. The number of ether oxygens (including phenoxy) is 1. The van der Waals surface area contributed by atoms with Crippen molar-refractivity contribution in [3.8, 4) is 11.4 Å². The molecule has 2 heterocycles. The Bertz CT molecular complexity index is 1240. The normalized spacial score (nSPS) is 10.8. The van der Waals surface area contributed by atoms with E-state index in [4.69, 9.17) is 21.3 Å². The highest BCUT2D eigenvalue weighted by molar-refractivity contribution is 6.33. The number of amides is 2. The SMILES string of the molecule is COc1cccc(-n2c(CCNC(=O)Nc3ccc(C)cc3Cl)nc3cccnc32)c1. The predicted molar refractivity (Wildman–Crippen MR) is 122 cm³/mol. The van der Waals surface area contributed by atoms with Gasteiger partial charge in [-0.15, -0.1) is 0 Å². The van der Waals surface area contributed by atoms with Crippen molar-refractivity contribution in [2.45, 2.75) is 13.3 Å². The minimum atomic E-state index is -0.326. The number of carbonyl (C=O) groups is 1. The van der Waals surface area contributed by atoms with Crippen molar-refractivity contribution in [3.05, 3.63) is 77.2 Å². The molecule has 0 atom stereocenters. The molecule has 158 valence electrons. The number of fused-ring (bicyclic) bond motifs is 1. The molecule has 7 nitrogen and oxygen atoms in total. The molecule has 2 N–H and O–H groups in total. The van der Waals surface area contributed by atoms with E-state index in [-0.39, 0.29) is 6.03 Å². The van der Waals surface area contributed by atoms with E-state index >= 15 is 0 Å². The summed E-state index contributed by atoms with van der Waals surface area (Å²) in [6, 6.07) is 16.6. The number of pyridine rings is 1. The van der Waals surface area contributed by atoms with E-state index in [0.717, 1.165) is 34.0 Å². The van der Waals surface area contributed by atoms with E-state index in [2.05, 4.69) is 15.6 Å². The van der Waals surface area contributed by atoms with Gasteiger partial charge < -0.3 is 15.4 Å². The maximum absolute atomic E-state index is 12.3. The molecule has 2 aromatic carbocycles. The van der Waals surface area contributed by atoms with Crippen molar-refractivity contribution in [2.75, 3.05) is 19.0 Å². The first-order valence-electron chi connectivity index (χ1n) is 9.83. The Balaban J connectivity index is 1.51. The number of halogens is 1. The highest BCUT2D eigenvalue weighted by atomic mass is 35.5. The smallest absolute Gasteiger partial charge is 0.319 e. The highest BCUT2D eigenvalue weighted by Crippen LogP contribution is 2.24. The number of aromatic nitrogens is 3. The van der Waals surface area contributed by atoms with Crippen molar-refractivity contribution in [1.82, 2.24) is 19.9 Å². The minimum absolute atomic E-state index is 0.326. The summed E-state index contributed by atoms with van der Waals surface area (Å²) < 4.78 is 7.34. The van der Waals surface area contributed by atoms with Gasteiger partial charge in [-0.1, -0.05) is 23.7 Å². The van der Waals surface area contributed by atoms with E-state index in [1.807, 2.05) is 54.0 Å². The van der Waals surface area contributed by atoms with Gasteiger partial charge in [0.1, 0.15) is 17.1 Å². The molecule has 0 radical (unpaired) electrons. The molecule has 0 bridgehead atoms. The summed E-state index contributed by atoms with van der Waals surface area (Å²) in [7, 11) is 1.63. The van der Waals surface area contributed by atoms with E-state index in [1.165, 1.54) is 0 Å². The second-order valence-corrected chi connectivity index (χ2v) is 7.43. The first-order chi connectivity index (χ1) is 15.0. The van der Waals surface area contributed by atoms with Crippen LogP contribution in [-0.2, 0) is 6.42 Å². The topological polar surface area (TPSA) is 81.1 Å². The largest absolute Gasteiger partial charge is 0.497 e. The molecule has 8 heteroatoms. The standard InChI is InChI=1S/C23H22ClN5O2/c1-15-8-9-19(18(24)13-15)28-23(30)26-12-10-21-27-20-7-4-11-25-22(20)29(21)16-5-3-6-17(14-16)31-2/h3-9,11,13-14H,10,12H2,1-2H3,(H2,26,28,30). The van der Waals surface area contributed by atoms with Gasteiger partial charge in [0.15, 0.2) is 5.65 Å². The fourth-order valence-corrected chi connectivity index (χ4v) is 3.61. The monoisotopic (exact) mass is 435 g/mol. The van der Waals surface area contributed by atoms with Crippen LogP contribution in [0.5, 0.6) is 5.75 Å². The maximum atomic E-state index is 12.3. The highest BCUT2D eigenvalue weighted by Gasteiger charge is 2.14. The van der Waals surface area contributed by atoms with Crippen LogP contribution in [0.2, 0.25) is 5.02 Å². The molecule has 2 amide bonds. The van der Waals surface area contributed by atoms with Gasteiger partial charge in [-0.25, -0.2) is 14.8 Å². The number of hydrogen-bond donors (Lipinski definition) is 2. The van der Waals surface area contributed by atoms with Crippen molar-refractivity contribution in [1.29, 1.82) is 0 Å². The van der Waals surface area contributed by atoms with Gasteiger partial charge in [-0.3, -0.25) is 4.57 Å². The molecule has 4 aromatic rings. The number of anilines is 1. The molecule has 2 aromatic heterocycles. The predicted octanol–water partition coefficient (Wildman–Crippen LogP) is 4.76. The molecule has 0 aliphatic carbocycles. The third-order valence-corrected chi connectivity index (χ3v) is 5.12. The summed E-state index contributed by atoms with van der Waals surface area (Å²) in [5.41, 5.74) is 4.03. The zero-order valence-corrected chi connectivity index (χ0v) is 18.0. The number of urea groups is 1. The number of imidazole rings is 1. The lowest BCUT2D eigenvalue weighted by Crippen LogP contribution is -2.31. The Labute approximate surface area is 185 Å². The number of aryl methyl sites for hydroxylation is 1. The van der Waals surface area contributed by atoms with Gasteiger partial charge >= 0.3 is 6.03 Å². The van der Waals surface area contributed by atoms with Crippen LogP contribution in [0.15, 0.2) is 60.8 Å². The maximum Gasteiger partial charge on any atom is 0.319 e. The Morgan fingerprint density at radius 1 is 1.16 bits per heavy atom. The van der Waals surface area contributed by atoms with Gasteiger partial charge in [0.05, 0.1) is 23.5 Å². The molecule has 0 saturated heterocycles. The third kappa shape index (κ3) is 4.62. The van der Waals surface area contributed by atoms with Crippen LogP contribution < -0.4 is 15.4 Å². The number of hydrogen-bond acceptors (Lipinski definition) is 4. The third-order valence-electron chi connectivity index (χ3n) is 4.80. The van der Waals surface area contributed by atoms with Gasteiger partial charge in [-0.05, 0) is 48.9 Å². The number of benzene rings is 2. The summed E-state index contributed by atoms with van der Waals surface area (Å²) in [4.78, 5) is 21.5. The molecule has 0 spiro atoms. The fraction of sp³-hybridized carbons (Fsp3) is 0.174. The van der Waals surface area contributed by atoms with Crippen molar-refractivity contribution in [2.24, 2.45) is 0 Å². The summed E-state index contributed by atoms with van der Waals surface area (Å²) >= 11 is 6.19. The van der Waals surface area contributed by atoms with Crippen LogP contribution in [0.1, 0.15) is 11.4 Å². The second kappa shape index (κ2) is 9.06. The molecule has 0 fully saturated rings. The number of nitrogens with one attached hydrogen (secondary N) is 2. The van der Waals surface area contributed by atoms with Gasteiger partial charge in [0.2, 0.25) is 0 Å². The Morgan fingerprint density at radius 2 is 2.03 bits per heavy atom. The number of methoxy groups -OCH3 is 1. The van der Waals surface area contributed by atoms with E-state index in [0.29, 0.717) is 23.7 Å². The molecule has 0 aliphatic rings. The molecular weight excluding hydrogens is 414 g/mol. The molecule has 0 unspecified atom stereocenters. The van der Waals surface area contributed by atoms with Crippen molar-refractivity contribution >= 4 is 34.5 Å². The Hall–Kier alpha value is -3.58. The van der Waals surface area contributed by atoms with E-state index in [1.54, 1.807) is 25.4 Å². The molecule has 0 saturated carbocycles. The lowest BCUT2D eigenvalue weighted by molar-refractivity contribution is 0.252. The van der Waals surface area contributed by atoms with E-state index < -0.39 is 0 Å². The summed E-state index contributed by atoms with van der Waals surface area (Å²) in [6.45, 7) is 2.33. The zero-order valence-electron chi connectivity index (χ0n) is 17.2. The Kier molecular flexibility index (Phi) is 6.04. The van der Waals surface area contributed by atoms with Gasteiger partial charge in [-0.2, -0.15) is 0 Å². The van der Waals surface area contributed by atoms with Crippen molar-refractivity contribution < 1.29 is 9.53 Å². The quantitative estimate of drug-likeness (QED) is 0.457. The first kappa shape index (κ1) is 20.7. The lowest BCUT2D eigenvalue weighted by atomic mass is 10.2. The first-order valence-corrected chi connectivity index (χ1v) is 10.2. The molecule has 4 rings (SSSR count). The van der Waals surface area contributed by atoms with Gasteiger partial charge in [0.25, 0.3) is 0 Å². The zero-order chi connectivity index (χ0) is 21.8. The van der Waals surface area contributed by atoms with E-state index in [9.17, 15) is 4.79 Å². The number of carbonyl (C=O) groups excluding carboxylic acids is 1. The number of nitrogens with zero attached hydrogens (tertiary/aromatic N) is 3. The second-order valence-electron chi connectivity index (χ2n) is 7.03. The fourth-order valence-electron chi connectivity index (χ4n) is 3.32. The van der Waals surface area contributed by atoms with Crippen LogP contribution in [0.25, 0.3) is 16.9 Å². The Morgan fingerprint density at radius 3 is 2.84 bits per heavy atom. The van der Waals surface area contributed by atoms with Crippen molar-refractivity contribution in [3.63, 3.8) is 0 Å². The van der Waals surface area contributed by atoms with Crippen LogP contribution in [-0.4, -0.2) is 34.2 Å². The lowest BCUT2D eigenvalue weighted by Gasteiger charge is -2.12. The van der Waals surface area contributed by atoms with Crippen LogP contribution in [0, 0.1) is 6.92 Å². The summed E-state index contributed by atoms with van der Waals surface area (Å²) in [6.07, 6.45) is 2.25. The molecule has 0 aliphatic heterocycles. The number of rotatable bonds is 6. The summed E-state index contributed by atoms with van der Waals surface area (Å²) in [5, 5.41) is 6.13. The van der Waals surface area contributed by atoms with Gasteiger partial charge in [0, 0.05) is 25.2 Å². The average Bonchev–Trinajstić information content (AvgIpc) is 3.14. The minimum Gasteiger partial charge on any atom is -0.497 e. The van der Waals surface area contributed by atoms with Crippen LogP contribution in [0.4, 0.5) is 10.5 Å². The average molecular weight is 436 g/mol. The van der Waals surface area contributed by atoms with Crippen LogP contribution >= 0.6 is 11.6 Å². The molecular formula is C23H22ClN5O2. The summed E-state index contributed by atoms with van der Waals surface area (Å²) in [5.74, 6) is 1.53. The van der Waals surface area contributed by atoms with Crippen LogP contribution in [0.3, 0.4) is 0 Å².